The van der Waals surface area contributed by atoms with Crippen molar-refractivity contribution >= 4 is 27.0 Å². The van der Waals surface area contributed by atoms with E-state index >= 15 is 0 Å². The Morgan fingerprint density at radius 2 is 1.90 bits per heavy atom. The molecule has 4 nitrogen and oxygen atoms in total. The number of hydrogen-bond acceptors (Lipinski definition) is 4. The van der Waals surface area contributed by atoms with Gasteiger partial charge in [0.1, 0.15) is 11.3 Å². The Hall–Kier alpha value is -1.98. The lowest BCUT2D eigenvalue weighted by molar-refractivity contribution is 0.486. The second-order valence-electron chi connectivity index (χ2n) is 4.28. The van der Waals surface area contributed by atoms with Crippen LogP contribution in [0.2, 0.25) is 0 Å². The molecule has 2 N–H and O–H groups in total. The molecular weight excluding hydrogens is 318 g/mol. The molecule has 0 aliphatic rings. The van der Waals surface area contributed by atoms with Crippen LogP contribution in [0.4, 0.5) is 0 Å². The van der Waals surface area contributed by atoms with Crippen LogP contribution in [0.25, 0.3) is 11.0 Å². The standard InChI is InChI=1S/C15H12BrN3O/c16-11-7-13-15(19-9-11)14(5-6-18-13)20-12-3-1-10(8-17)2-4-12/h1-7,9H,8,17H2. The summed E-state index contributed by atoms with van der Waals surface area (Å²) < 4.78 is 6.76. The summed E-state index contributed by atoms with van der Waals surface area (Å²) in [5.74, 6) is 1.43. The Kier molecular flexibility index (Phi) is 3.62. The van der Waals surface area contributed by atoms with Crippen LogP contribution in [0.15, 0.2) is 53.3 Å². The molecule has 0 bridgehead atoms. The van der Waals surface area contributed by atoms with Crippen molar-refractivity contribution in [3.63, 3.8) is 0 Å². The minimum Gasteiger partial charge on any atom is -0.455 e. The minimum absolute atomic E-state index is 0.522. The van der Waals surface area contributed by atoms with Crippen LogP contribution in [0.5, 0.6) is 11.5 Å². The zero-order valence-corrected chi connectivity index (χ0v) is 12.2. The number of aromatic nitrogens is 2. The van der Waals surface area contributed by atoms with Gasteiger partial charge in [-0.25, -0.2) is 4.98 Å². The zero-order chi connectivity index (χ0) is 13.9. The predicted octanol–water partition coefficient (Wildman–Crippen LogP) is 3.64. The van der Waals surface area contributed by atoms with Crippen LogP contribution in [0, 0.1) is 0 Å². The highest BCUT2D eigenvalue weighted by Crippen LogP contribution is 2.28. The van der Waals surface area contributed by atoms with Gasteiger partial charge in [0.2, 0.25) is 0 Å². The number of benzene rings is 1. The molecule has 100 valence electrons. The number of nitrogens with zero attached hydrogens (tertiary/aromatic N) is 2. The normalized spacial score (nSPS) is 10.7. The van der Waals surface area contributed by atoms with Crippen molar-refractivity contribution in [2.45, 2.75) is 6.54 Å². The van der Waals surface area contributed by atoms with E-state index in [-0.39, 0.29) is 0 Å². The largest absolute Gasteiger partial charge is 0.455 e. The monoisotopic (exact) mass is 329 g/mol. The average molecular weight is 330 g/mol. The van der Waals surface area contributed by atoms with Gasteiger partial charge in [-0.1, -0.05) is 12.1 Å². The molecular formula is C15H12BrN3O. The van der Waals surface area contributed by atoms with E-state index in [4.69, 9.17) is 10.5 Å². The quantitative estimate of drug-likeness (QED) is 0.796. The van der Waals surface area contributed by atoms with Gasteiger partial charge in [-0.05, 0) is 39.7 Å². The third-order valence-electron chi connectivity index (χ3n) is 2.89. The smallest absolute Gasteiger partial charge is 0.156 e. The summed E-state index contributed by atoms with van der Waals surface area (Å²) in [6.07, 6.45) is 3.44. The fourth-order valence-corrected chi connectivity index (χ4v) is 2.20. The molecule has 0 fully saturated rings. The first-order valence-electron chi connectivity index (χ1n) is 6.13. The molecule has 0 saturated carbocycles. The fourth-order valence-electron chi connectivity index (χ4n) is 1.88. The van der Waals surface area contributed by atoms with Crippen molar-refractivity contribution in [1.29, 1.82) is 0 Å². The maximum atomic E-state index is 5.87. The van der Waals surface area contributed by atoms with Gasteiger partial charge in [0.25, 0.3) is 0 Å². The van der Waals surface area contributed by atoms with Gasteiger partial charge in [0, 0.05) is 29.5 Å². The lowest BCUT2D eigenvalue weighted by atomic mass is 10.2. The third-order valence-corrected chi connectivity index (χ3v) is 3.33. The summed E-state index contributed by atoms with van der Waals surface area (Å²) in [6, 6.07) is 11.4. The van der Waals surface area contributed by atoms with Gasteiger partial charge >= 0.3 is 0 Å². The molecule has 0 unspecified atom stereocenters. The Bertz CT molecular complexity index is 744. The Labute approximate surface area is 124 Å². The number of ether oxygens (including phenoxy) is 1. The van der Waals surface area contributed by atoms with Crippen LogP contribution < -0.4 is 10.5 Å². The molecule has 20 heavy (non-hydrogen) atoms. The molecule has 2 heterocycles. The highest BCUT2D eigenvalue weighted by Gasteiger charge is 2.06. The highest BCUT2D eigenvalue weighted by molar-refractivity contribution is 9.10. The second-order valence-corrected chi connectivity index (χ2v) is 5.20. The molecule has 0 aliphatic carbocycles. The fraction of sp³-hybridized carbons (Fsp3) is 0.0667. The molecule has 3 rings (SSSR count). The van der Waals surface area contributed by atoms with Gasteiger partial charge in [0.05, 0.1) is 5.52 Å². The average Bonchev–Trinajstić information content (AvgIpc) is 2.48. The van der Waals surface area contributed by atoms with Gasteiger partial charge in [-0.3, -0.25) is 4.98 Å². The lowest BCUT2D eigenvalue weighted by Crippen LogP contribution is -1.95. The molecule has 0 aliphatic heterocycles. The van der Waals surface area contributed by atoms with E-state index < -0.39 is 0 Å². The molecule has 0 saturated heterocycles. The topological polar surface area (TPSA) is 61.0 Å². The van der Waals surface area contributed by atoms with E-state index in [1.165, 1.54) is 0 Å². The number of pyridine rings is 2. The molecule has 0 radical (unpaired) electrons. The first-order chi connectivity index (χ1) is 9.76. The molecule has 0 spiro atoms. The number of nitrogens with two attached hydrogens (primary N) is 1. The SMILES string of the molecule is NCc1ccc(Oc2ccnc3cc(Br)cnc23)cc1. The molecule has 3 aromatic rings. The van der Waals surface area contributed by atoms with Crippen molar-refractivity contribution in [3.8, 4) is 11.5 Å². The first kappa shape index (κ1) is 13.0. The summed E-state index contributed by atoms with van der Waals surface area (Å²) in [4.78, 5) is 8.64. The Balaban J connectivity index is 1.97. The van der Waals surface area contributed by atoms with E-state index in [9.17, 15) is 0 Å². The van der Waals surface area contributed by atoms with Crippen molar-refractivity contribution < 1.29 is 4.74 Å². The maximum absolute atomic E-state index is 5.87. The van der Waals surface area contributed by atoms with Crippen LogP contribution in [0.3, 0.4) is 0 Å². The van der Waals surface area contributed by atoms with Crippen molar-refractivity contribution in [3.05, 3.63) is 58.8 Å². The molecule has 0 atom stereocenters. The molecule has 2 aromatic heterocycles. The van der Waals surface area contributed by atoms with E-state index in [0.717, 1.165) is 26.8 Å². The number of hydrogen-bond donors (Lipinski definition) is 1. The second kappa shape index (κ2) is 5.56. The van der Waals surface area contributed by atoms with Crippen LogP contribution in [0.1, 0.15) is 5.56 Å². The maximum Gasteiger partial charge on any atom is 0.156 e. The number of rotatable bonds is 3. The van der Waals surface area contributed by atoms with Crippen molar-refractivity contribution in [2.75, 3.05) is 0 Å². The van der Waals surface area contributed by atoms with E-state index in [1.807, 2.05) is 30.3 Å². The van der Waals surface area contributed by atoms with Crippen LogP contribution in [-0.2, 0) is 6.54 Å². The highest BCUT2D eigenvalue weighted by atomic mass is 79.9. The van der Waals surface area contributed by atoms with Crippen molar-refractivity contribution in [2.24, 2.45) is 5.73 Å². The van der Waals surface area contributed by atoms with E-state index in [1.54, 1.807) is 18.5 Å². The third kappa shape index (κ3) is 2.64. The molecule has 5 heteroatoms. The predicted molar refractivity (Wildman–Crippen MR) is 81.6 cm³/mol. The summed E-state index contributed by atoms with van der Waals surface area (Å²) >= 11 is 3.38. The minimum atomic E-state index is 0.522. The number of fused-ring (bicyclic) bond motifs is 1. The van der Waals surface area contributed by atoms with Crippen LogP contribution in [-0.4, -0.2) is 9.97 Å². The summed E-state index contributed by atoms with van der Waals surface area (Å²) in [5.41, 5.74) is 8.17. The zero-order valence-electron chi connectivity index (χ0n) is 10.6. The molecule has 1 aromatic carbocycles. The Morgan fingerprint density at radius 3 is 2.65 bits per heavy atom. The van der Waals surface area contributed by atoms with E-state index in [0.29, 0.717) is 12.3 Å². The number of halogens is 1. The van der Waals surface area contributed by atoms with E-state index in [2.05, 4.69) is 25.9 Å². The molecule has 0 amide bonds. The first-order valence-corrected chi connectivity index (χ1v) is 6.93. The van der Waals surface area contributed by atoms with Gasteiger partial charge in [0.15, 0.2) is 5.75 Å². The Morgan fingerprint density at radius 1 is 1.10 bits per heavy atom. The lowest BCUT2D eigenvalue weighted by Gasteiger charge is -2.08. The van der Waals surface area contributed by atoms with Crippen LogP contribution >= 0.6 is 15.9 Å². The van der Waals surface area contributed by atoms with Gasteiger partial charge in [-0.15, -0.1) is 0 Å². The summed E-state index contributed by atoms with van der Waals surface area (Å²) in [7, 11) is 0. The van der Waals surface area contributed by atoms with Gasteiger partial charge in [-0.2, -0.15) is 0 Å². The summed E-state index contributed by atoms with van der Waals surface area (Å²) in [5, 5.41) is 0. The van der Waals surface area contributed by atoms with Gasteiger partial charge < -0.3 is 10.5 Å². The van der Waals surface area contributed by atoms with Crippen molar-refractivity contribution in [1.82, 2.24) is 9.97 Å². The summed E-state index contributed by atoms with van der Waals surface area (Å²) in [6.45, 7) is 0.522.